The minimum atomic E-state index is -2.45. The zero-order valence-electron chi connectivity index (χ0n) is 12.8. The second-order valence-electron chi connectivity index (χ2n) is 5.83. The number of nitrogens with one attached hydrogen (secondary N) is 1. The van der Waals surface area contributed by atoms with Crippen molar-refractivity contribution in [1.82, 2.24) is 9.97 Å². The number of anilines is 1. The SMILES string of the molecule is COc1cccc2c(N3CC[C@H](CS(C)(=N)=O)C3)ncnc12. The summed E-state index contributed by atoms with van der Waals surface area (Å²) >= 11 is 0. The van der Waals surface area contributed by atoms with Gasteiger partial charge in [-0.15, -0.1) is 0 Å². The molecule has 1 aliphatic rings. The first-order valence-electron chi connectivity index (χ1n) is 7.22. The molecule has 0 bridgehead atoms. The summed E-state index contributed by atoms with van der Waals surface area (Å²) in [5.74, 6) is 2.36. The van der Waals surface area contributed by atoms with Crippen molar-refractivity contribution in [2.24, 2.45) is 5.92 Å². The molecule has 118 valence electrons. The van der Waals surface area contributed by atoms with Gasteiger partial charge in [-0.1, -0.05) is 6.07 Å². The maximum atomic E-state index is 11.7. The van der Waals surface area contributed by atoms with Gasteiger partial charge in [-0.3, -0.25) is 8.99 Å². The minimum Gasteiger partial charge on any atom is -0.494 e. The smallest absolute Gasteiger partial charge is 0.145 e. The lowest BCUT2D eigenvalue weighted by Crippen LogP contribution is -2.23. The molecule has 22 heavy (non-hydrogen) atoms. The molecule has 1 unspecified atom stereocenters. The molecule has 1 saturated heterocycles. The van der Waals surface area contributed by atoms with E-state index in [0.717, 1.165) is 42.0 Å². The zero-order valence-corrected chi connectivity index (χ0v) is 13.6. The minimum absolute atomic E-state index is 0.283. The largest absolute Gasteiger partial charge is 0.494 e. The van der Waals surface area contributed by atoms with Crippen LogP contribution in [-0.2, 0) is 9.73 Å². The van der Waals surface area contributed by atoms with E-state index in [2.05, 4.69) is 14.9 Å². The normalized spacial score (nSPS) is 21.0. The van der Waals surface area contributed by atoms with Crippen LogP contribution in [0.2, 0.25) is 0 Å². The Morgan fingerprint density at radius 1 is 1.45 bits per heavy atom. The lowest BCUT2D eigenvalue weighted by molar-refractivity contribution is 0.419. The molecule has 1 fully saturated rings. The lowest BCUT2D eigenvalue weighted by atomic mass is 10.2. The molecule has 0 saturated carbocycles. The van der Waals surface area contributed by atoms with E-state index in [1.54, 1.807) is 13.4 Å². The average molecular weight is 320 g/mol. The molecule has 2 aromatic rings. The van der Waals surface area contributed by atoms with E-state index in [4.69, 9.17) is 9.52 Å². The Kier molecular flexibility index (Phi) is 3.90. The maximum absolute atomic E-state index is 11.7. The highest BCUT2D eigenvalue weighted by Crippen LogP contribution is 2.32. The predicted molar refractivity (Wildman–Crippen MR) is 88.1 cm³/mol. The van der Waals surface area contributed by atoms with Crippen molar-refractivity contribution in [3.8, 4) is 5.75 Å². The third-order valence-corrected chi connectivity index (χ3v) is 5.07. The van der Waals surface area contributed by atoms with Gasteiger partial charge in [0, 0.05) is 40.2 Å². The zero-order chi connectivity index (χ0) is 15.7. The molecule has 0 radical (unpaired) electrons. The molecule has 6 nitrogen and oxygen atoms in total. The van der Waals surface area contributed by atoms with Crippen molar-refractivity contribution in [2.75, 3.05) is 37.1 Å². The number of rotatable bonds is 4. The van der Waals surface area contributed by atoms with Gasteiger partial charge in [-0.05, 0) is 24.5 Å². The molecular weight excluding hydrogens is 300 g/mol. The molecule has 1 aromatic carbocycles. The topological polar surface area (TPSA) is 79.2 Å². The fourth-order valence-electron chi connectivity index (χ4n) is 3.07. The lowest BCUT2D eigenvalue weighted by Gasteiger charge is -2.19. The van der Waals surface area contributed by atoms with Gasteiger partial charge in [0.05, 0.1) is 7.11 Å². The van der Waals surface area contributed by atoms with E-state index < -0.39 is 9.73 Å². The highest BCUT2D eigenvalue weighted by atomic mass is 32.2. The number of nitrogens with zero attached hydrogens (tertiary/aromatic N) is 3. The molecule has 2 atom stereocenters. The quantitative estimate of drug-likeness (QED) is 0.933. The van der Waals surface area contributed by atoms with E-state index in [1.807, 2.05) is 18.2 Å². The summed E-state index contributed by atoms with van der Waals surface area (Å²) in [5.41, 5.74) is 0.804. The molecule has 1 aromatic heterocycles. The number of para-hydroxylation sites is 1. The summed E-state index contributed by atoms with van der Waals surface area (Å²) in [7, 11) is -0.812. The van der Waals surface area contributed by atoms with Crippen molar-refractivity contribution in [3.05, 3.63) is 24.5 Å². The van der Waals surface area contributed by atoms with E-state index >= 15 is 0 Å². The number of hydrogen-bond acceptors (Lipinski definition) is 6. The third kappa shape index (κ3) is 2.99. The van der Waals surface area contributed by atoms with Crippen LogP contribution in [-0.4, -0.2) is 46.4 Å². The van der Waals surface area contributed by atoms with E-state index in [9.17, 15) is 4.21 Å². The summed E-state index contributed by atoms with van der Waals surface area (Å²) in [6.07, 6.45) is 4.01. The second-order valence-corrected chi connectivity index (χ2v) is 8.17. The van der Waals surface area contributed by atoms with Crippen molar-refractivity contribution in [2.45, 2.75) is 6.42 Å². The van der Waals surface area contributed by atoms with E-state index in [0.29, 0.717) is 5.75 Å². The molecule has 0 aliphatic carbocycles. The first-order chi connectivity index (χ1) is 10.5. The van der Waals surface area contributed by atoms with Gasteiger partial charge in [-0.2, -0.15) is 0 Å². The van der Waals surface area contributed by atoms with Crippen molar-refractivity contribution >= 4 is 26.4 Å². The Labute approximate surface area is 130 Å². The van der Waals surface area contributed by atoms with E-state index in [-0.39, 0.29) is 5.92 Å². The van der Waals surface area contributed by atoms with Crippen LogP contribution in [0.25, 0.3) is 10.9 Å². The maximum Gasteiger partial charge on any atom is 0.145 e. The van der Waals surface area contributed by atoms with Crippen LogP contribution >= 0.6 is 0 Å². The van der Waals surface area contributed by atoms with Crippen molar-refractivity contribution < 1.29 is 8.95 Å². The Bertz CT molecular complexity index is 791. The predicted octanol–water partition coefficient (Wildman–Crippen LogP) is 2.14. The molecule has 2 heterocycles. The third-order valence-electron chi connectivity index (χ3n) is 3.97. The Balaban J connectivity index is 1.92. The van der Waals surface area contributed by atoms with Crippen LogP contribution in [0.4, 0.5) is 5.82 Å². The number of fused-ring (bicyclic) bond motifs is 1. The summed E-state index contributed by atoms with van der Waals surface area (Å²) in [5, 5.41) is 0.964. The monoisotopic (exact) mass is 320 g/mol. The van der Waals surface area contributed by atoms with Gasteiger partial charge in [0.2, 0.25) is 0 Å². The summed E-state index contributed by atoms with van der Waals surface area (Å²) in [4.78, 5) is 11.0. The molecular formula is C15H20N4O2S. The first kappa shape index (κ1) is 15.0. The highest BCUT2D eigenvalue weighted by Gasteiger charge is 2.26. The van der Waals surface area contributed by atoms with Crippen LogP contribution in [0.3, 0.4) is 0 Å². The summed E-state index contributed by atoms with van der Waals surface area (Å²) in [6.45, 7) is 1.65. The standard InChI is InChI=1S/C15H20N4O2S/c1-21-13-5-3-4-12-14(13)17-10-18-15(12)19-7-6-11(8-19)9-22(2,16)20/h3-5,10-11,16H,6-9H2,1-2H3/t11-,22?/m0/s1. The van der Waals surface area contributed by atoms with Crippen molar-refractivity contribution in [3.63, 3.8) is 0 Å². The van der Waals surface area contributed by atoms with Gasteiger partial charge in [0.15, 0.2) is 0 Å². The van der Waals surface area contributed by atoms with Gasteiger partial charge in [0.1, 0.15) is 23.4 Å². The molecule has 1 N–H and O–H groups in total. The molecule has 1 aliphatic heterocycles. The number of benzene rings is 1. The highest BCUT2D eigenvalue weighted by molar-refractivity contribution is 7.91. The van der Waals surface area contributed by atoms with Gasteiger partial charge < -0.3 is 9.64 Å². The van der Waals surface area contributed by atoms with Crippen LogP contribution in [0.5, 0.6) is 5.75 Å². The van der Waals surface area contributed by atoms with E-state index in [1.165, 1.54) is 6.26 Å². The number of ether oxygens (including phenoxy) is 1. The second kappa shape index (κ2) is 5.72. The summed E-state index contributed by atoms with van der Waals surface area (Å²) < 4.78 is 24.7. The molecule has 3 rings (SSSR count). The van der Waals surface area contributed by atoms with Crippen LogP contribution < -0.4 is 9.64 Å². The molecule has 7 heteroatoms. The van der Waals surface area contributed by atoms with Gasteiger partial charge in [0.25, 0.3) is 0 Å². The fraction of sp³-hybridized carbons (Fsp3) is 0.467. The fourth-order valence-corrected chi connectivity index (χ4v) is 4.25. The van der Waals surface area contributed by atoms with Gasteiger partial charge >= 0.3 is 0 Å². The molecule has 0 spiro atoms. The number of aromatic nitrogens is 2. The first-order valence-corrected chi connectivity index (χ1v) is 9.35. The van der Waals surface area contributed by atoms with Crippen molar-refractivity contribution in [1.29, 1.82) is 4.78 Å². The molecule has 0 amide bonds. The Morgan fingerprint density at radius 2 is 2.27 bits per heavy atom. The number of methoxy groups -OCH3 is 1. The Morgan fingerprint density at radius 3 is 3.00 bits per heavy atom. The van der Waals surface area contributed by atoms with Crippen LogP contribution in [0, 0.1) is 10.7 Å². The van der Waals surface area contributed by atoms with Crippen LogP contribution in [0.15, 0.2) is 24.5 Å². The van der Waals surface area contributed by atoms with Gasteiger partial charge in [-0.25, -0.2) is 9.97 Å². The summed E-state index contributed by atoms with van der Waals surface area (Å²) in [6, 6.07) is 5.82. The average Bonchev–Trinajstić information content (AvgIpc) is 2.92. The number of hydrogen-bond donors (Lipinski definition) is 1. The van der Waals surface area contributed by atoms with Crippen LogP contribution in [0.1, 0.15) is 6.42 Å². The Hall–Kier alpha value is -1.89.